The maximum atomic E-state index is 13.2. The van der Waals surface area contributed by atoms with Crippen LogP contribution in [0.2, 0.25) is 0 Å². The number of carbonyl (C=O) groups excluding carboxylic acids is 1. The van der Waals surface area contributed by atoms with Gasteiger partial charge in [0, 0.05) is 13.1 Å². The lowest BCUT2D eigenvalue weighted by Gasteiger charge is -2.27. The van der Waals surface area contributed by atoms with Crippen molar-refractivity contribution in [3.8, 4) is 0 Å². The molecule has 3 heteroatoms. The van der Waals surface area contributed by atoms with Gasteiger partial charge in [-0.15, -0.1) is 0 Å². The highest BCUT2D eigenvalue weighted by atomic mass is 16.3. The summed E-state index contributed by atoms with van der Waals surface area (Å²) in [4.78, 5) is 14.9. The molecule has 0 saturated heterocycles. The first-order valence-electron chi connectivity index (χ1n) is 8.27. The molecule has 0 spiro atoms. The summed E-state index contributed by atoms with van der Waals surface area (Å²) in [6.07, 6.45) is 1.97. The summed E-state index contributed by atoms with van der Waals surface area (Å²) in [5, 5.41) is 9.31. The Morgan fingerprint density at radius 3 is 1.91 bits per heavy atom. The molecule has 0 saturated carbocycles. The minimum Gasteiger partial charge on any atom is -0.395 e. The third-order valence-corrected chi connectivity index (χ3v) is 3.98. The second kappa shape index (κ2) is 9.11. The second-order valence-corrected chi connectivity index (χ2v) is 5.66. The molecule has 0 radical (unpaired) electrons. The van der Waals surface area contributed by atoms with Crippen molar-refractivity contribution in [1.82, 2.24) is 4.90 Å². The Bertz CT molecular complexity index is 544. The largest absolute Gasteiger partial charge is 0.395 e. The molecule has 0 aromatic heterocycles. The van der Waals surface area contributed by atoms with E-state index < -0.39 is 0 Å². The molecule has 0 unspecified atom stereocenters. The van der Waals surface area contributed by atoms with Crippen LogP contribution in [0.5, 0.6) is 0 Å². The summed E-state index contributed by atoms with van der Waals surface area (Å²) >= 11 is 0. The van der Waals surface area contributed by atoms with Gasteiger partial charge in [-0.1, -0.05) is 74.0 Å². The molecule has 122 valence electrons. The molecule has 0 aliphatic heterocycles. The second-order valence-electron chi connectivity index (χ2n) is 5.66. The van der Waals surface area contributed by atoms with Crippen LogP contribution in [-0.2, 0) is 4.79 Å². The van der Waals surface area contributed by atoms with Crippen molar-refractivity contribution in [3.05, 3.63) is 71.8 Å². The molecule has 0 atom stereocenters. The molecule has 0 aliphatic carbocycles. The molecule has 1 N–H and O–H groups in total. The van der Waals surface area contributed by atoms with Gasteiger partial charge in [-0.05, 0) is 17.5 Å². The molecule has 2 aromatic rings. The molecule has 0 bridgehead atoms. The maximum Gasteiger partial charge on any atom is 0.234 e. The van der Waals surface area contributed by atoms with E-state index in [0.29, 0.717) is 13.1 Å². The first-order valence-corrected chi connectivity index (χ1v) is 8.27. The van der Waals surface area contributed by atoms with Crippen LogP contribution in [0.25, 0.3) is 0 Å². The number of hydrogen-bond acceptors (Lipinski definition) is 2. The fraction of sp³-hybridized carbons (Fsp3) is 0.350. The Morgan fingerprint density at radius 2 is 1.48 bits per heavy atom. The number of benzene rings is 2. The van der Waals surface area contributed by atoms with Crippen molar-refractivity contribution in [2.75, 3.05) is 19.7 Å². The Labute approximate surface area is 138 Å². The Kier molecular flexibility index (Phi) is 6.82. The van der Waals surface area contributed by atoms with Gasteiger partial charge in [0.05, 0.1) is 12.5 Å². The van der Waals surface area contributed by atoms with E-state index in [0.717, 1.165) is 24.0 Å². The Morgan fingerprint density at radius 1 is 0.957 bits per heavy atom. The molecule has 0 fully saturated rings. The number of aliphatic hydroxyl groups excluding tert-OH is 1. The molecule has 23 heavy (non-hydrogen) atoms. The topological polar surface area (TPSA) is 40.5 Å². The molecule has 2 rings (SSSR count). The first-order chi connectivity index (χ1) is 11.3. The van der Waals surface area contributed by atoms with E-state index in [1.807, 2.05) is 60.7 Å². The zero-order valence-corrected chi connectivity index (χ0v) is 13.7. The number of hydrogen-bond donors (Lipinski definition) is 1. The molecule has 0 aliphatic rings. The third-order valence-electron chi connectivity index (χ3n) is 3.98. The van der Waals surface area contributed by atoms with Crippen LogP contribution in [0.3, 0.4) is 0 Å². The van der Waals surface area contributed by atoms with Crippen LogP contribution in [0.15, 0.2) is 60.7 Å². The summed E-state index contributed by atoms with van der Waals surface area (Å²) in [7, 11) is 0. The average Bonchev–Trinajstić information content (AvgIpc) is 2.60. The van der Waals surface area contributed by atoms with E-state index in [1.165, 1.54) is 0 Å². The lowest BCUT2D eigenvalue weighted by Crippen LogP contribution is -2.38. The lowest BCUT2D eigenvalue weighted by molar-refractivity contribution is -0.132. The van der Waals surface area contributed by atoms with Crippen molar-refractivity contribution in [3.63, 3.8) is 0 Å². The summed E-state index contributed by atoms with van der Waals surface area (Å²) < 4.78 is 0. The van der Waals surface area contributed by atoms with Crippen molar-refractivity contribution in [1.29, 1.82) is 0 Å². The van der Waals surface area contributed by atoms with Crippen LogP contribution in [0.1, 0.15) is 36.8 Å². The highest BCUT2D eigenvalue weighted by molar-refractivity contribution is 5.87. The predicted molar refractivity (Wildman–Crippen MR) is 93.3 cm³/mol. The standard InChI is InChI=1S/C20H25NO2/c1-2-3-14-21(15-16-22)20(23)19(17-10-6-4-7-11-17)18-12-8-5-9-13-18/h4-13,19,22H,2-3,14-16H2,1H3. The molecular formula is C20H25NO2. The van der Waals surface area contributed by atoms with Gasteiger partial charge in [0.15, 0.2) is 0 Å². The molecule has 3 nitrogen and oxygen atoms in total. The van der Waals surface area contributed by atoms with Crippen LogP contribution in [-0.4, -0.2) is 35.6 Å². The van der Waals surface area contributed by atoms with E-state index in [9.17, 15) is 9.90 Å². The first kappa shape index (κ1) is 17.2. The van der Waals surface area contributed by atoms with Crippen molar-refractivity contribution < 1.29 is 9.90 Å². The van der Waals surface area contributed by atoms with Crippen molar-refractivity contribution >= 4 is 5.91 Å². The summed E-state index contributed by atoms with van der Waals surface area (Å²) in [6, 6.07) is 19.7. The van der Waals surface area contributed by atoms with Gasteiger partial charge >= 0.3 is 0 Å². The van der Waals surface area contributed by atoms with E-state index in [-0.39, 0.29) is 18.4 Å². The van der Waals surface area contributed by atoms with Gasteiger partial charge in [-0.25, -0.2) is 0 Å². The van der Waals surface area contributed by atoms with E-state index >= 15 is 0 Å². The molecule has 0 heterocycles. The van der Waals surface area contributed by atoms with Gasteiger partial charge in [0.1, 0.15) is 0 Å². The SMILES string of the molecule is CCCCN(CCO)C(=O)C(c1ccccc1)c1ccccc1. The van der Waals surface area contributed by atoms with E-state index in [4.69, 9.17) is 0 Å². The van der Waals surface area contributed by atoms with Gasteiger partial charge in [0.2, 0.25) is 5.91 Å². The van der Waals surface area contributed by atoms with Crippen LogP contribution >= 0.6 is 0 Å². The lowest BCUT2D eigenvalue weighted by atomic mass is 9.90. The molecule has 1 amide bonds. The van der Waals surface area contributed by atoms with Crippen LogP contribution < -0.4 is 0 Å². The summed E-state index contributed by atoms with van der Waals surface area (Å²) in [5.74, 6) is -0.259. The zero-order chi connectivity index (χ0) is 16.5. The molecular weight excluding hydrogens is 286 g/mol. The van der Waals surface area contributed by atoms with Gasteiger partial charge in [-0.3, -0.25) is 4.79 Å². The predicted octanol–water partition coefficient (Wildman–Crippen LogP) is 3.44. The highest BCUT2D eigenvalue weighted by Gasteiger charge is 2.26. The normalized spacial score (nSPS) is 10.7. The van der Waals surface area contributed by atoms with E-state index in [1.54, 1.807) is 4.90 Å². The summed E-state index contributed by atoms with van der Waals surface area (Å²) in [6.45, 7) is 3.17. The third kappa shape index (κ3) is 4.67. The number of amides is 1. The fourth-order valence-electron chi connectivity index (χ4n) is 2.75. The Balaban J connectivity index is 2.34. The minimum atomic E-state index is -0.319. The number of unbranched alkanes of at least 4 members (excludes halogenated alkanes) is 1. The average molecular weight is 311 g/mol. The van der Waals surface area contributed by atoms with Crippen LogP contribution in [0.4, 0.5) is 0 Å². The number of nitrogens with zero attached hydrogens (tertiary/aromatic N) is 1. The number of carbonyl (C=O) groups is 1. The molecule has 2 aromatic carbocycles. The van der Waals surface area contributed by atoms with E-state index in [2.05, 4.69) is 6.92 Å². The van der Waals surface area contributed by atoms with Crippen molar-refractivity contribution in [2.45, 2.75) is 25.7 Å². The quantitative estimate of drug-likeness (QED) is 0.811. The number of aliphatic hydroxyl groups is 1. The smallest absolute Gasteiger partial charge is 0.234 e. The Hall–Kier alpha value is -2.13. The van der Waals surface area contributed by atoms with Crippen LogP contribution in [0, 0.1) is 0 Å². The maximum absolute atomic E-state index is 13.2. The fourth-order valence-corrected chi connectivity index (χ4v) is 2.75. The summed E-state index contributed by atoms with van der Waals surface area (Å²) in [5.41, 5.74) is 1.98. The van der Waals surface area contributed by atoms with Gasteiger partial charge in [0.25, 0.3) is 0 Å². The monoisotopic (exact) mass is 311 g/mol. The minimum absolute atomic E-state index is 0.00818. The number of rotatable bonds is 8. The van der Waals surface area contributed by atoms with Crippen molar-refractivity contribution in [2.24, 2.45) is 0 Å². The highest BCUT2D eigenvalue weighted by Crippen LogP contribution is 2.27. The van der Waals surface area contributed by atoms with Gasteiger partial charge < -0.3 is 10.0 Å². The van der Waals surface area contributed by atoms with Gasteiger partial charge in [-0.2, -0.15) is 0 Å². The zero-order valence-electron chi connectivity index (χ0n) is 13.7.